The lowest BCUT2D eigenvalue weighted by Crippen LogP contribution is -2.37. The second kappa shape index (κ2) is 12.1. The zero-order chi connectivity index (χ0) is 18.6. The molecule has 26 heavy (non-hydrogen) atoms. The lowest BCUT2D eigenvalue weighted by molar-refractivity contribution is -0.141. The Hall–Kier alpha value is -1.36. The molecule has 0 spiro atoms. The summed E-state index contributed by atoms with van der Waals surface area (Å²) in [5.41, 5.74) is 1.26. The average molecular weight is 365 g/mol. The Morgan fingerprint density at radius 2 is 1.69 bits per heavy atom. The van der Waals surface area contributed by atoms with Crippen LogP contribution in [0.2, 0.25) is 0 Å². The Morgan fingerprint density at radius 1 is 1.04 bits per heavy atom. The highest BCUT2D eigenvalue weighted by Gasteiger charge is 2.20. The fraction of sp³-hybridized carbons (Fsp3) is 0.810. The van der Waals surface area contributed by atoms with Crippen LogP contribution in [0.25, 0.3) is 0 Å². The molecule has 2 fully saturated rings. The average Bonchev–Trinajstić information content (AvgIpc) is 2.90. The van der Waals surface area contributed by atoms with Crippen LogP contribution in [0.4, 0.5) is 0 Å². The van der Waals surface area contributed by atoms with Gasteiger partial charge < -0.3 is 15.7 Å². The smallest absolute Gasteiger partial charge is 0.307 e. The van der Waals surface area contributed by atoms with Crippen molar-refractivity contribution in [1.29, 1.82) is 0 Å². The molecule has 0 unspecified atom stereocenters. The highest BCUT2D eigenvalue weighted by Crippen LogP contribution is 2.21. The lowest BCUT2D eigenvalue weighted by Gasteiger charge is -2.24. The number of rotatable bonds is 9. The summed E-state index contributed by atoms with van der Waals surface area (Å²) in [4.78, 5) is 23.5. The van der Waals surface area contributed by atoms with Gasteiger partial charge in [-0.1, -0.05) is 37.7 Å². The molecule has 0 radical (unpaired) electrons. The first kappa shape index (κ1) is 20.9. The van der Waals surface area contributed by atoms with Crippen molar-refractivity contribution in [2.75, 3.05) is 13.1 Å². The normalized spacial score (nSPS) is 20.2. The molecular weight excluding hydrogens is 328 g/mol. The van der Waals surface area contributed by atoms with Gasteiger partial charge in [-0.05, 0) is 51.4 Å². The molecule has 0 heterocycles. The zero-order valence-electron chi connectivity index (χ0n) is 16.1. The highest BCUT2D eigenvalue weighted by atomic mass is 16.4. The molecule has 1 atom stereocenters. The minimum Gasteiger partial charge on any atom is -0.481 e. The van der Waals surface area contributed by atoms with Crippen molar-refractivity contribution in [2.45, 2.75) is 89.5 Å². The van der Waals surface area contributed by atoms with E-state index in [9.17, 15) is 14.7 Å². The van der Waals surface area contributed by atoms with Gasteiger partial charge >= 0.3 is 5.97 Å². The largest absolute Gasteiger partial charge is 0.481 e. The molecule has 2 rings (SSSR count). The monoisotopic (exact) mass is 364 g/mol. The lowest BCUT2D eigenvalue weighted by atomic mass is 9.94. The van der Waals surface area contributed by atoms with Gasteiger partial charge in [0.15, 0.2) is 0 Å². The van der Waals surface area contributed by atoms with E-state index in [-0.39, 0.29) is 11.8 Å². The number of carbonyl (C=O) groups is 2. The number of carbonyl (C=O) groups excluding carboxylic acids is 1. The predicted molar refractivity (Wildman–Crippen MR) is 104 cm³/mol. The minimum absolute atomic E-state index is 0.0193. The van der Waals surface area contributed by atoms with Gasteiger partial charge in [0.05, 0.1) is 5.92 Å². The fourth-order valence-corrected chi connectivity index (χ4v) is 4.05. The van der Waals surface area contributed by atoms with Crippen molar-refractivity contribution >= 4 is 11.9 Å². The van der Waals surface area contributed by atoms with E-state index < -0.39 is 5.97 Å². The van der Waals surface area contributed by atoms with Crippen molar-refractivity contribution in [3.63, 3.8) is 0 Å². The highest BCUT2D eigenvalue weighted by molar-refractivity contribution is 5.88. The van der Waals surface area contributed by atoms with Crippen molar-refractivity contribution in [3.8, 4) is 0 Å². The molecule has 0 saturated heterocycles. The Bertz CT molecular complexity index is 460. The van der Waals surface area contributed by atoms with Crippen LogP contribution < -0.4 is 10.6 Å². The van der Waals surface area contributed by atoms with Gasteiger partial charge in [-0.3, -0.25) is 9.59 Å². The van der Waals surface area contributed by atoms with Crippen LogP contribution in [-0.2, 0) is 9.59 Å². The summed E-state index contributed by atoms with van der Waals surface area (Å²) in [5, 5.41) is 15.8. The SMILES string of the molecule is O=C(C=C1CCCCCC1)NCCC[C@H](CNC1CCCCC1)C(=O)O. The van der Waals surface area contributed by atoms with E-state index in [1.165, 1.54) is 50.5 Å². The Kier molecular flexibility index (Phi) is 9.75. The van der Waals surface area contributed by atoms with E-state index in [0.717, 1.165) is 25.7 Å². The van der Waals surface area contributed by atoms with Crippen LogP contribution in [0, 0.1) is 5.92 Å². The molecule has 0 bridgehead atoms. The molecule has 2 aliphatic carbocycles. The predicted octanol–water partition coefficient (Wildman–Crippen LogP) is 3.79. The summed E-state index contributed by atoms with van der Waals surface area (Å²) in [7, 11) is 0. The standard InChI is InChI=1S/C21H36N2O3/c24-20(15-17-9-4-1-2-5-10-17)22-14-8-11-18(21(25)26)16-23-19-12-6-3-7-13-19/h15,18-19,23H,1-14,16H2,(H,22,24)(H,25,26)/t18-/m1/s1. The van der Waals surface area contributed by atoms with E-state index in [1.807, 2.05) is 0 Å². The number of nitrogens with one attached hydrogen (secondary N) is 2. The maximum absolute atomic E-state index is 12.0. The molecule has 2 aliphatic rings. The Labute approximate surface area is 158 Å². The van der Waals surface area contributed by atoms with E-state index in [2.05, 4.69) is 10.6 Å². The molecule has 5 nitrogen and oxygen atoms in total. The number of hydrogen-bond donors (Lipinski definition) is 3. The van der Waals surface area contributed by atoms with Crippen LogP contribution in [0.15, 0.2) is 11.6 Å². The van der Waals surface area contributed by atoms with Gasteiger partial charge in [-0.25, -0.2) is 0 Å². The quantitative estimate of drug-likeness (QED) is 0.330. The van der Waals surface area contributed by atoms with Crippen LogP contribution in [0.5, 0.6) is 0 Å². The van der Waals surface area contributed by atoms with E-state index in [0.29, 0.717) is 32.0 Å². The van der Waals surface area contributed by atoms with Crippen molar-refractivity contribution in [3.05, 3.63) is 11.6 Å². The molecule has 0 aromatic carbocycles. The maximum Gasteiger partial charge on any atom is 0.307 e. The summed E-state index contributed by atoms with van der Waals surface area (Å²) in [6.45, 7) is 1.09. The molecule has 2 saturated carbocycles. The number of hydrogen-bond acceptors (Lipinski definition) is 3. The molecule has 148 valence electrons. The molecule has 1 amide bonds. The number of amides is 1. The van der Waals surface area contributed by atoms with Gasteiger partial charge in [0.1, 0.15) is 0 Å². The van der Waals surface area contributed by atoms with Gasteiger partial charge in [0.2, 0.25) is 5.91 Å². The van der Waals surface area contributed by atoms with E-state index >= 15 is 0 Å². The summed E-state index contributed by atoms with van der Waals surface area (Å²) >= 11 is 0. The third-order valence-corrected chi connectivity index (χ3v) is 5.72. The summed E-state index contributed by atoms with van der Waals surface area (Å²) in [5.74, 6) is -1.12. The topological polar surface area (TPSA) is 78.4 Å². The number of carboxylic acid groups (broad SMARTS) is 1. The third-order valence-electron chi connectivity index (χ3n) is 5.72. The molecule has 0 aromatic rings. The molecule has 5 heteroatoms. The van der Waals surface area contributed by atoms with Crippen LogP contribution in [0.1, 0.15) is 83.5 Å². The van der Waals surface area contributed by atoms with Gasteiger partial charge in [0, 0.05) is 25.2 Å². The van der Waals surface area contributed by atoms with Crippen LogP contribution >= 0.6 is 0 Å². The van der Waals surface area contributed by atoms with Crippen LogP contribution in [-0.4, -0.2) is 36.1 Å². The fourth-order valence-electron chi connectivity index (χ4n) is 4.05. The van der Waals surface area contributed by atoms with Crippen molar-refractivity contribution in [1.82, 2.24) is 10.6 Å². The van der Waals surface area contributed by atoms with E-state index in [1.54, 1.807) is 6.08 Å². The molecule has 0 aliphatic heterocycles. The first-order valence-electron chi connectivity index (χ1n) is 10.6. The van der Waals surface area contributed by atoms with Gasteiger partial charge in [0.25, 0.3) is 0 Å². The van der Waals surface area contributed by atoms with Gasteiger partial charge in [-0.2, -0.15) is 0 Å². The summed E-state index contributed by atoms with van der Waals surface area (Å²) < 4.78 is 0. The second-order valence-electron chi connectivity index (χ2n) is 7.93. The molecular formula is C21H36N2O3. The van der Waals surface area contributed by atoms with E-state index in [4.69, 9.17) is 0 Å². The van der Waals surface area contributed by atoms with Crippen molar-refractivity contribution in [2.24, 2.45) is 5.92 Å². The second-order valence-corrected chi connectivity index (χ2v) is 7.93. The summed E-state index contributed by atoms with van der Waals surface area (Å²) in [6, 6.07) is 0.483. The van der Waals surface area contributed by atoms with Crippen molar-refractivity contribution < 1.29 is 14.7 Å². The summed E-state index contributed by atoms with van der Waals surface area (Å²) in [6.07, 6.45) is 16.2. The maximum atomic E-state index is 12.0. The third kappa shape index (κ3) is 8.35. The number of carboxylic acids is 1. The minimum atomic E-state index is -0.736. The molecule has 0 aromatic heterocycles. The number of allylic oxidation sites excluding steroid dienone is 1. The molecule has 3 N–H and O–H groups in total. The first-order chi connectivity index (χ1) is 12.6. The van der Waals surface area contributed by atoms with Gasteiger partial charge in [-0.15, -0.1) is 0 Å². The van der Waals surface area contributed by atoms with Crippen LogP contribution in [0.3, 0.4) is 0 Å². The Balaban J connectivity index is 1.62. The number of aliphatic carboxylic acids is 1. The Morgan fingerprint density at radius 3 is 2.35 bits per heavy atom. The first-order valence-corrected chi connectivity index (χ1v) is 10.6. The zero-order valence-corrected chi connectivity index (χ0v) is 16.1.